The van der Waals surface area contributed by atoms with Gasteiger partial charge < -0.3 is 15.4 Å². The molecule has 1 aliphatic heterocycles. The van der Waals surface area contributed by atoms with E-state index in [2.05, 4.69) is 15.6 Å². The molecule has 0 radical (unpaired) electrons. The van der Waals surface area contributed by atoms with Crippen LogP contribution in [0.3, 0.4) is 0 Å². The van der Waals surface area contributed by atoms with Crippen molar-refractivity contribution in [1.29, 1.82) is 0 Å². The average Bonchev–Trinajstić information content (AvgIpc) is 2.66. The first kappa shape index (κ1) is 18.3. The smallest absolute Gasteiger partial charge is 0.262 e. The number of para-hydroxylation sites is 1. The standard InChI is InChI=1S/C21H18ClN3O3/c1-11-13-5-3-4-6-16(13)23-12(2)14(11)7-20(26)24-17-9-19-18(8-15(17)22)25-21(27)10-28-19/h3-6,8-9H,7,10H2,1-2H3,(H,24,26)(H,25,27). The van der Waals surface area contributed by atoms with Gasteiger partial charge in [0.25, 0.3) is 5.91 Å². The van der Waals surface area contributed by atoms with Crippen LogP contribution in [0.2, 0.25) is 5.02 Å². The lowest BCUT2D eigenvalue weighted by Crippen LogP contribution is -2.25. The molecule has 2 amide bonds. The number of benzene rings is 2. The number of pyridine rings is 1. The Morgan fingerprint density at radius 1 is 1.29 bits per heavy atom. The topological polar surface area (TPSA) is 80.3 Å². The first-order valence-corrected chi connectivity index (χ1v) is 9.21. The number of rotatable bonds is 3. The van der Waals surface area contributed by atoms with Crippen LogP contribution in [-0.2, 0) is 16.0 Å². The quantitative estimate of drug-likeness (QED) is 0.702. The van der Waals surface area contributed by atoms with E-state index in [0.29, 0.717) is 22.1 Å². The summed E-state index contributed by atoms with van der Waals surface area (Å²) in [4.78, 5) is 28.7. The van der Waals surface area contributed by atoms with E-state index in [1.165, 1.54) is 0 Å². The molecule has 0 spiro atoms. The van der Waals surface area contributed by atoms with Crippen molar-refractivity contribution in [3.8, 4) is 5.75 Å². The van der Waals surface area contributed by atoms with Crippen LogP contribution >= 0.6 is 11.6 Å². The van der Waals surface area contributed by atoms with Crippen LogP contribution in [0.15, 0.2) is 36.4 Å². The van der Waals surface area contributed by atoms with Crippen molar-refractivity contribution in [2.45, 2.75) is 20.3 Å². The molecule has 0 fully saturated rings. The molecule has 2 N–H and O–H groups in total. The SMILES string of the molecule is Cc1nc2ccccc2c(C)c1CC(=O)Nc1cc2c(cc1Cl)NC(=O)CO2. The molecule has 142 valence electrons. The van der Waals surface area contributed by atoms with Crippen LogP contribution in [-0.4, -0.2) is 23.4 Å². The van der Waals surface area contributed by atoms with Crippen LogP contribution in [0.1, 0.15) is 16.8 Å². The lowest BCUT2D eigenvalue weighted by Gasteiger charge is -2.20. The summed E-state index contributed by atoms with van der Waals surface area (Å²) in [7, 11) is 0. The average molecular weight is 396 g/mol. The molecule has 2 heterocycles. The number of hydrogen-bond acceptors (Lipinski definition) is 4. The summed E-state index contributed by atoms with van der Waals surface area (Å²) in [5.74, 6) is 0.0270. The van der Waals surface area contributed by atoms with Crippen molar-refractivity contribution in [3.63, 3.8) is 0 Å². The summed E-state index contributed by atoms with van der Waals surface area (Å²) in [5.41, 5.74) is 4.61. The predicted octanol–water partition coefficient (Wildman–Crippen LogP) is 4.02. The Kier molecular flexibility index (Phi) is 4.65. The van der Waals surface area contributed by atoms with Gasteiger partial charge >= 0.3 is 0 Å². The van der Waals surface area contributed by atoms with E-state index in [-0.39, 0.29) is 24.8 Å². The van der Waals surface area contributed by atoms with Gasteiger partial charge in [-0.05, 0) is 37.1 Å². The maximum absolute atomic E-state index is 12.7. The fourth-order valence-electron chi connectivity index (χ4n) is 3.38. The Morgan fingerprint density at radius 3 is 2.89 bits per heavy atom. The second-order valence-electron chi connectivity index (χ2n) is 6.71. The number of amides is 2. The molecule has 3 aromatic rings. The summed E-state index contributed by atoms with van der Waals surface area (Å²) < 4.78 is 5.39. The molecule has 0 atom stereocenters. The van der Waals surface area contributed by atoms with E-state index in [4.69, 9.17) is 16.3 Å². The molecule has 0 saturated carbocycles. The molecule has 0 aliphatic carbocycles. The van der Waals surface area contributed by atoms with Crippen molar-refractivity contribution in [1.82, 2.24) is 4.98 Å². The van der Waals surface area contributed by atoms with Crippen molar-refractivity contribution in [2.75, 3.05) is 17.2 Å². The van der Waals surface area contributed by atoms with Crippen LogP contribution in [0.4, 0.5) is 11.4 Å². The third-order valence-electron chi connectivity index (χ3n) is 4.80. The van der Waals surface area contributed by atoms with E-state index in [1.807, 2.05) is 38.1 Å². The van der Waals surface area contributed by atoms with Gasteiger partial charge in [-0.2, -0.15) is 0 Å². The number of carbonyl (C=O) groups excluding carboxylic acids is 2. The van der Waals surface area contributed by atoms with Gasteiger partial charge in [-0.3, -0.25) is 14.6 Å². The Morgan fingerprint density at radius 2 is 2.07 bits per heavy atom. The van der Waals surface area contributed by atoms with Gasteiger partial charge in [-0.1, -0.05) is 29.8 Å². The van der Waals surface area contributed by atoms with Crippen molar-refractivity contribution >= 4 is 45.7 Å². The lowest BCUT2D eigenvalue weighted by atomic mass is 9.99. The summed E-state index contributed by atoms with van der Waals surface area (Å²) in [6, 6.07) is 11.1. The first-order chi connectivity index (χ1) is 13.4. The molecule has 1 aromatic heterocycles. The minimum absolute atomic E-state index is 0.0663. The van der Waals surface area contributed by atoms with E-state index >= 15 is 0 Å². The highest BCUT2D eigenvalue weighted by atomic mass is 35.5. The maximum Gasteiger partial charge on any atom is 0.262 e. The monoisotopic (exact) mass is 395 g/mol. The number of aryl methyl sites for hydroxylation is 2. The number of ether oxygens (including phenoxy) is 1. The van der Waals surface area contributed by atoms with Crippen molar-refractivity contribution < 1.29 is 14.3 Å². The molecular formula is C21H18ClN3O3. The van der Waals surface area contributed by atoms with E-state index in [9.17, 15) is 9.59 Å². The van der Waals surface area contributed by atoms with E-state index in [0.717, 1.165) is 27.7 Å². The molecule has 4 rings (SSSR count). The van der Waals surface area contributed by atoms with Crippen LogP contribution in [0.5, 0.6) is 5.75 Å². The minimum atomic E-state index is -0.241. The fraction of sp³-hybridized carbons (Fsp3) is 0.190. The largest absolute Gasteiger partial charge is 0.482 e. The normalized spacial score (nSPS) is 12.9. The maximum atomic E-state index is 12.7. The number of anilines is 2. The number of aromatic nitrogens is 1. The first-order valence-electron chi connectivity index (χ1n) is 8.83. The summed E-state index contributed by atoms with van der Waals surface area (Å²) >= 11 is 6.26. The van der Waals surface area contributed by atoms with Gasteiger partial charge in [0.2, 0.25) is 5.91 Å². The number of nitrogens with zero attached hydrogens (tertiary/aromatic N) is 1. The number of carbonyl (C=O) groups is 2. The summed E-state index contributed by atoms with van der Waals surface area (Å²) in [5, 5.41) is 6.87. The highest BCUT2D eigenvalue weighted by molar-refractivity contribution is 6.34. The van der Waals surface area contributed by atoms with Gasteiger partial charge in [0, 0.05) is 17.1 Å². The molecule has 28 heavy (non-hydrogen) atoms. The number of fused-ring (bicyclic) bond motifs is 2. The Labute approximate surface area is 166 Å². The molecular weight excluding hydrogens is 378 g/mol. The lowest BCUT2D eigenvalue weighted by molar-refractivity contribution is -0.118. The molecule has 0 bridgehead atoms. The molecule has 7 heteroatoms. The Bertz CT molecular complexity index is 1130. The van der Waals surface area contributed by atoms with Crippen LogP contribution in [0.25, 0.3) is 10.9 Å². The number of hydrogen-bond donors (Lipinski definition) is 2. The number of halogens is 1. The Hall–Kier alpha value is -3.12. The van der Waals surface area contributed by atoms with E-state index < -0.39 is 0 Å². The van der Waals surface area contributed by atoms with Gasteiger partial charge in [-0.15, -0.1) is 0 Å². The van der Waals surface area contributed by atoms with Crippen molar-refractivity contribution in [2.24, 2.45) is 0 Å². The Balaban J connectivity index is 1.59. The highest BCUT2D eigenvalue weighted by Gasteiger charge is 2.20. The fourth-order valence-corrected chi connectivity index (χ4v) is 3.59. The zero-order valence-corrected chi connectivity index (χ0v) is 16.2. The second-order valence-corrected chi connectivity index (χ2v) is 7.12. The number of nitrogens with one attached hydrogen (secondary N) is 2. The van der Waals surface area contributed by atoms with Gasteiger partial charge in [0.15, 0.2) is 6.61 Å². The van der Waals surface area contributed by atoms with E-state index in [1.54, 1.807) is 12.1 Å². The van der Waals surface area contributed by atoms with Gasteiger partial charge in [0.1, 0.15) is 5.75 Å². The van der Waals surface area contributed by atoms with Crippen molar-refractivity contribution in [3.05, 3.63) is 58.2 Å². The summed E-state index contributed by atoms with van der Waals surface area (Å²) in [6.07, 6.45) is 0.181. The van der Waals surface area contributed by atoms with Gasteiger partial charge in [-0.25, -0.2) is 0 Å². The molecule has 0 saturated heterocycles. The minimum Gasteiger partial charge on any atom is -0.482 e. The predicted molar refractivity (Wildman–Crippen MR) is 109 cm³/mol. The van der Waals surface area contributed by atoms with Crippen LogP contribution < -0.4 is 15.4 Å². The third-order valence-corrected chi connectivity index (χ3v) is 5.11. The zero-order chi connectivity index (χ0) is 19.8. The van der Waals surface area contributed by atoms with Gasteiger partial charge in [0.05, 0.1) is 28.3 Å². The summed E-state index contributed by atoms with van der Waals surface area (Å²) in [6.45, 7) is 3.84. The molecule has 1 aliphatic rings. The molecule has 0 unspecified atom stereocenters. The highest BCUT2D eigenvalue weighted by Crippen LogP contribution is 2.36. The molecule has 6 nitrogen and oxygen atoms in total. The van der Waals surface area contributed by atoms with Crippen LogP contribution in [0, 0.1) is 13.8 Å². The molecule has 2 aromatic carbocycles. The third kappa shape index (κ3) is 3.39. The zero-order valence-electron chi connectivity index (χ0n) is 15.4. The second kappa shape index (κ2) is 7.13.